The molecule has 0 spiro atoms. The summed E-state index contributed by atoms with van der Waals surface area (Å²) in [7, 11) is 0. The van der Waals surface area contributed by atoms with E-state index in [9.17, 15) is 39.5 Å². The van der Waals surface area contributed by atoms with E-state index in [1.54, 1.807) is 0 Å². The third kappa shape index (κ3) is 3.71. The summed E-state index contributed by atoms with van der Waals surface area (Å²) in [5.74, 6) is 0. The zero-order chi connectivity index (χ0) is 12.0. The van der Waals surface area contributed by atoms with Crippen molar-refractivity contribution < 1.29 is 108 Å². The van der Waals surface area contributed by atoms with Crippen molar-refractivity contribution in [3.05, 3.63) is 0 Å². The van der Waals surface area contributed by atoms with E-state index in [4.69, 9.17) is 0 Å². The van der Waals surface area contributed by atoms with Gasteiger partial charge in [0, 0.05) is 0 Å². The molecule has 0 rings (SSSR count). The molecule has 0 atom stereocenters. The summed E-state index contributed by atoms with van der Waals surface area (Å²) >= 11 is 0.734. The van der Waals surface area contributed by atoms with Crippen LogP contribution in [0.4, 0.5) is 39.5 Å². The van der Waals surface area contributed by atoms with Gasteiger partial charge in [-0.2, -0.15) is 0 Å². The molecule has 0 aliphatic carbocycles. The molecule has 0 N–H and O–H groups in total. The Hall–Kier alpha value is 1.97. The van der Waals surface area contributed by atoms with E-state index in [-0.39, 0.29) is 68.9 Å². The Balaban J connectivity index is 0. The average Bonchev–Trinajstić information content (AvgIpc) is 1.77. The summed E-state index contributed by atoms with van der Waals surface area (Å²) in [5, 5.41) is 0. The number of alkyl halides is 9. The molecule has 0 fully saturated rings. The first-order valence-electron chi connectivity index (χ1n) is 2.79. The second-order valence-electron chi connectivity index (χ2n) is 2.39. The van der Waals surface area contributed by atoms with Crippen molar-refractivity contribution >= 4 is 20.7 Å². The van der Waals surface area contributed by atoms with Crippen LogP contribution >= 0.6 is 15.8 Å². The quantitative estimate of drug-likeness (QED) is 0.391. The van der Waals surface area contributed by atoms with Crippen LogP contribution < -0.4 is 68.9 Å². The van der Waals surface area contributed by atoms with Crippen LogP contribution in [0.25, 0.3) is 0 Å². The standard InChI is InChI=1S/C3BBrF9.Cs/c5-4(1(6,7)8,2(9,10)11)3(12,13)14;/q-1;+1. The second kappa shape index (κ2) is 5.30. The first-order valence-corrected chi connectivity index (χ1v) is 3.70. The van der Waals surface area contributed by atoms with Crippen LogP contribution in [0.15, 0.2) is 0 Å². The molecule has 0 aromatic heterocycles. The topological polar surface area (TPSA) is 0 Å². The van der Waals surface area contributed by atoms with Gasteiger partial charge in [-0.05, 0) is 0 Å². The van der Waals surface area contributed by atoms with Gasteiger partial charge in [0.05, 0.1) is 0 Å². The van der Waals surface area contributed by atoms with Crippen molar-refractivity contribution in [3.8, 4) is 0 Å². The molecule has 0 amide bonds. The van der Waals surface area contributed by atoms with Crippen molar-refractivity contribution in [2.45, 2.75) is 18.2 Å². The molecular weight excluding hydrogens is 431 g/mol. The van der Waals surface area contributed by atoms with E-state index in [0.29, 0.717) is 0 Å². The first kappa shape index (κ1) is 19.3. The normalized spacial score (nSPS) is 14.8. The van der Waals surface area contributed by atoms with E-state index in [1.807, 2.05) is 0 Å². The van der Waals surface area contributed by atoms with Gasteiger partial charge in [-0.25, -0.2) is 39.5 Å². The fourth-order valence-corrected chi connectivity index (χ4v) is 0.557. The fraction of sp³-hybridized carbons (Fsp3) is 1.00. The zero-order valence-corrected chi connectivity index (χ0v) is 14.7. The SMILES string of the molecule is FC(F)(F)[B-](Br)(C(F)(F)F)C(F)(F)F.[Cs+]. The van der Waals surface area contributed by atoms with Gasteiger partial charge >= 0.3 is 73.9 Å². The number of rotatable bonds is 0. The minimum atomic E-state index is -6.62. The van der Waals surface area contributed by atoms with Gasteiger partial charge in [-0.3, -0.25) is 0 Å². The van der Waals surface area contributed by atoms with Gasteiger partial charge in [0.1, 0.15) is 0 Å². The monoisotopic (exact) mass is 430 g/mol. The predicted molar refractivity (Wildman–Crippen MR) is 32.8 cm³/mol. The van der Waals surface area contributed by atoms with Crippen molar-refractivity contribution in [3.63, 3.8) is 0 Å². The molecule has 0 aromatic rings. The maximum Gasteiger partial charge on any atom is 1.00 e. The third-order valence-electron chi connectivity index (χ3n) is 1.35. The predicted octanol–water partition coefficient (Wildman–Crippen LogP) is 0.635. The Morgan fingerprint density at radius 2 is 0.733 bits per heavy atom. The van der Waals surface area contributed by atoms with E-state index in [1.165, 1.54) is 0 Å². The fourth-order valence-electron chi connectivity index (χ4n) is 0.557. The molecular formula is C3BBrCsF9. The molecule has 0 aromatic carbocycles. The Morgan fingerprint density at radius 1 is 0.600 bits per heavy atom. The average molecular weight is 431 g/mol. The van der Waals surface area contributed by atoms with Gasteiger partial charge in [0.15, 0.2) is 0 Å². The van der Waals surface area contributed by atoms with Gasteiger partial charge in [-0.15, -0.1) is 0 Å². The second-order valence-corrected chi connectivity index (χ2v) is 3.76. The van der Waals surface area contributed by atoms with E-state index < -0.39 is 23.2 Å². The summed E-state index contributed by atoms with van der Waals surface area (Å²) in [5.41, 5.74) is 0. The van der Waals surface area contributed by atoms with Crippen molar-refractivity contribution in [1.29, 1.82) is 0 Å². The van der Waals surface area contributed by atoms with Crippen LogP contribution in [0.3, 0.4) is 0 Å². The Labute approximate surface area is 145 Å². The number of halogens is 10. The van der Waals surface area contributed by atoms with Gasteiger partial charge < -0.3 is 15.8 Å². The van der Waals surface area contributed by atoms with E-state index >= 15 is 0 Å². The Morgan fingerprint density at radius 3 is 0.733 bits per heavy atom. The minimum absolute atomic E-state index is 0. The summed E-state index contributed by atoms with van der Waals surface area (Å²) in [6, 6.07) is 0. The van der Waals surface area contributed by atoms with Crippen LogP contribution in [0, 0.1) is 0 Å². The Kier molecular flexibility index (Phi) is 6.83. The molecule has 86 valence electrons. The largest absolute Gasteiger partial charge is 1.00 e. The van der Waals surface area contributed by atoms with Crippen molar-refractivity contribution in [1.82, 2.24) is 0 Å². The van der Waals surface area contributed by atoms with Crippen LogP contribution in [0.5, 0.6) is 0 Å². The molecule has 0 saturated carbocycles. The molecule has 15 heavy (non-hydrogen) atoms. The van der Waals surface area contributed by atoms with Gasteiger partial charge in [0.25, 0.3) is 18.2 Å². The molecule has 0 aliphatic heterocycles. The molecule has 0 aliphatic rings. The summed E-state index contributed by atoms with van der Waals surface area (Å²) in [4.78, 5) is -6.62. The molecule has 0 radical (unpaired) electrons. The Bertz CT molecular complexity index is 179. The summed E-state index contributed by atoms with van der Waals surface area (Å²) in [6.07, 6.45) is -19.3. The smallest absolute Gasteiger partial charge is 0.326 e. The molecule has 0 heterocycles. The van der Waals surface area contributed by atoms with Crippen LogP contribution in [0.2, 0.25) is 0 Å². The number of hydrogen-bond acceptors (Lipinski definition) is 0. The van der Waals surface area contributed by atoms with E-state index in [2.05, 4.69) is 0 Å². The van der Waals surface area contributed by atoms with Gasteiger partial charge in [0.2, 0.25) is 0 Å². The van der Waals surface area contributed by atoms with Crippen LogP contribution in [0.1, 0.15) is 0 Å². The molecule has 0 bridgehead atoms. The van der Waals surface area contributed by atoms with Crippen LogP contribution in [-0.2, 0) is 0 Å². The molecule has 12 heteroatoms. The van der Waals surface area contributed by atoms with E-state index in [0.717, 1.165) is 15.8 Å². The van der Waals surface area contributed by atoms with Crippen LogP contribution in [-0.4, -0.2) is 23.2 Å². The molecule has 0 saturated heterocycles. The minimum Gasteiger partial charge on any atom is -0.326 e. The maximum atomic E-state index is 11.6. The molecule has 0 unspecified atom stereocenters. The third-order valence-corrected chi connectivity index (χ3v) is 2.91. The van der Waals surface area contributed by atoms with Gasteiger partial charge in [-0.1, -0.05) is 0 Å². The molecule has 0 nitrogen and oxygen atoms in total. The summed E-state index contributed by atoms with van der Waals surface area (Å²) in [6.45, 7) is 0. The zero-order valence-electron chi connectivity index (χ0n) is 6.86. The maximum absolute atomic E-state index is 11.6. The van der Waals surface area contributed by atoms with Crippen molar-refractivity contribution in [2.75, 3.05) is 0 Å². The number of hydrogen-bond donors (Lipinski definition) is 0. The summed E-state index contributed by atoms with van der Waals surface area (Å²) < 4.78 is 105. The first-order chi connectivity index (χ1) is 5.75. The van der Waals surface area contributed by atoms with Crippen molar-refractivity contribution in [2.24, 2.45) is 0 Å².